The van der Waals surface area contributed by atoms with Crippen molar-refractivity contribution in [1.29, 1.82) is 0 Å². The van der Waals surface area contributed by atoms with Crippen LogP contribution in [-0.2, 0) is 16.0 Å². The Morgan fingerprint density at radius 1 is 1.02 bits per heavy atom. The molecule has 0 bridgehead atoms. The first kappa shape index (κ1) is 49.3. The Hall–Kier alpha value is -2.13. The maximum absolute atomic E-state index is 10.3. The molecular formula is C39H75N5O2S. The molecule has 1 unspecified atom stereocenters. The van der Waals surface area contributed by atoms with Gasteiger partial charge in [-0.1, -0.05) is 87.1 Å². The Balaban J connectivity index is -0.000000554. The number of amides is 1. The third-order valence-corrected chi connectivity index (χ3v) is 8.94. The molecule has 1 aliphatic carbocycles. The highest BCUT2D eigenvalue weighted by atomic mass is 32.1. The van der Waals surface area contributed by atoms with E-state index in [2.05, 4.69) is 85.4 Å². The van der Waals surface area contributed by atoms with E-state index in [0.29, 0.717) is 24.8 Å². The highest BCUT2D eigenvalue weighted by Crippen LogP contribution is 2.27. The Bertz CT molecular complexity index is 967. The average molecular weight is 678 g/mol. The van der Waals surface area contributed by atoms with Crippen LogP contribution >= 0.6 is 11.3 Å². The van der Waals surface area contributed by atoms with Crippen molar-refractivity contribution >= 4 is 33.7 Å². The van der Waals surface area contributed by atoms with Crippen molar-refractivity contribution in [2.75, 3.05) is 40.3 Å². The van der Waals surface area contributed by atoms with Crippen molar-refractivity contribution in [3.05, 3.63) is 41.9 Å². The lowest BCUT2D eigenvalue weighted by atomic mass is 9.84. The van der Waals surface area contributed by atoms with Gasteiger partial charge in [0.05, 0.1) is 15.2 Å². The van der Waals surface area contributed by atoms with Gasteiger partial charge in [0.2, 0.25) is 5.91 Å². The fraction of sp³-hybridized carbons (Fsp3) is 0.718. The van der Waals surface area contributed by atoms with E-state index < -0.39 is 0 Å². The summed E-state index contributed by atoms with van der Waals surface area (Å²) in [5.41, 5.74) is 7.05. The lowest BCUT2D eigenvalue weighted by Crippen LogP contribution is -2.41. The number of carbonyl (C=O) groups excluding carboxylic acids is 2. The number of aryl methyl sites for hydroxylation is 1. The Morgan fingerprint density at radius 3 is 2.00 bits per heavy atom. The molecule has 1 saturated carbocycles. The summed E-state index contributed by atoms with van der Waals surface area (Å²) in [6, 6.07) is 7.11. The molecule has 1 atom stereocenters. The number of hydrogen-bond acceptors (Lipinski definition) is 7. The van der Waals surface area contributed by atoms with E-state index in [1.807, 2.05) is 34.7 Å². The first-order valence-electron chi connectivity index (χ1n) is 18.4. The zero-order chi connectivity index (χ0) is 36.5. The first-order valence-corrected chi connectivity index (χ1v) is 19.3. The fourth-order valence-electron chi connectivity index (χ4n) is 5.17. The molecular weight excluding hydrogens is 603 g/mol. The van der Waals surface area contributed by atoms with E-state index in [1.165, 1.54) is 81.3 Å². The number of benzene rings is 1. The van der Waals surface area contributed by atoms with Crippen LogP contribution in [0.25, 0.3) is 10.2 Å². The van der Waals surface area contributed by atoms with Crippen molar-refractivity contribution in [1.82, 2.24) is 20.5 Å². The summed E-state index contributed by atoms with van der Waals surface area (Å²) in [5.74, 6) is 1.21. The predicted octanol–water partition coefficient (Wildman–Crippen LogP) is 9.15. The van der Waals surface area contributed by atoms with E-state index in [0.717, 1.165) is 35.7 Å². The number of aromatic nitrogens is 1. The van der Waals surface area contributed by atoms with E-state index in [9.17, 15) is 9.59 Å². The summed E-state index contributed by atoms with van der Waals surface area (Å²) in [5, 5.41) is 7.72. The highest BCUT2D eigenvalue weighted by Gasteiger charge is 2.21. The van der Waals surface area contributed by atoms with Gasteiger partial charge in [-0.2, -0.15) is 0 Å². The van der Waals surface area contributed by atoms with E-state index in [-0.39, 0.29) is 5.91 Å². The van der Waals surface area contributed by atoms with E-state index >= 15 is 0 Å². The average Bonchev–Trinajstić information content (AvgIpc) is 3.56. The molecule has 274 valence electrons. The fourth-order valence-corrected chi connectivity index (χ4v) is 6.20. The van der Waals surface area contributed by atoms with Gasteiger partial charge < -0.3 is 26.1 Å². The molecule has 4 N–H and O–H groups in total. The molecule has 7 nitrogen and oxygen atoms in total. The summed E-state index contributed by atoms with van der Waals surface area (Å²) in [6.07, 6.45) is 14.2. The second kappa shape index (κ2) is 35.2. The molecule has 47 heavy (non-hydrogen) atoms. The number of thiazole rings is 1. The maximum Gasteiger partial charge on any atom is 0.217 e. The Morgan fingerprint density at radius 2 is 1.57 bits per heavy atom. The van der Waals surface area contributed by atoms with Crippen LogP contribution in [0.1, 0.15) is 136 Å². The summed E-state index contributed by atoms with van der Waals surface area (Å²) >= 11 is 1.70. The quantitative estimate of drug-likeness (QED) is 0.171. The zero-order valence-electron chi connectivity index (χ0n) is 32.3. The SMILES string of the molecule is C=C.CC.CC.CC(C)c1ccc2nc(CCC=O)sc2c1.CCC(N)=O.CCN1CCCCC1.CNCC(NC)C1CCCCC1. The normalized spacial score (nSPS) is 14.7. The molecule has 2 aromatic rings. The lowest BCUT2D eigenvalue weighted by Gasteiger charge is -2.29. The van der Waals surface area contributed by atoms with Crippen molar-refractivity contribution in [2.24, 2.45) is 11.7 Å². The number of hydrogen-bond donors (Lipinski definition) is 3. The van der Waals surface area contributed by atoms with Crippen molar-refractivity contribution in [2.45, 2.75) is 138 Å². The first-order chi connectivity index (χ1) is 22.8. The van der Waals surface area contributed by atoms with Crippen molar-refractivity contribution < 1.29 is 9.59 Å². The topological polar surface area (TPSA) is 100 Å². The molecule has 0 radical (unpaired) electrons. The number of piperidine rings is 1. The molecule has 2 fully saturated rings. The Kier molecular flexibility index (Phi) is 36.9. The summed E-state index contributed by atoms with van der Waals surface area (Å²) in [4.78, 5) is 26.9. The molecule has 1 aromatic carbocycles. The van der Waals surface area contributed by atoms with Crippen LogP contribution < -0.4 is 16.4 Å². The monoisotopic (exact) mass is 678 g/mol. The van der Waals surface area contributed by atoms with Gasteiger partial charge in [0.25, 0.3) is 0 Å². The standard InChI is InChI=1S/C13H15NOS.C10H22N2.C7H15N.C3H7NO.2C2H6.C2H4/c1-9(2)10-5-6-11-12(8-10)16-13(14-11)4-3-7-15;1-11-8-10(12-2)9-6-4-3-5-7-9;1-2-8-6-4-3-5-7-8;1-2-3(4)5;3*1-2/h5-9H,3-4H2,1-2H3;9-12H,3-8H2,1-2H3;2-7H2,1H3;2H2,1H3,(H2,4,5);2*1-2H3;1-2H2. The van der Waals surface area contributed by atoms with Crippen LogP contribution in [0, 0.1) is 5.92 Å². The van der Waals surface area contributed by atoms with Gasteiger partial charge in [-0.15, -0.1) is 24.5 Å². The second-order valence-electron chi connectivity index (χ2n) is 11.4. The number of aldehydes is 1. The van der Waals surface area contributed by atoms with Gasteiger partial charge in [-0.25, -0.2) is 4.98 Å². The minimum absolute atomic E-state index is 0.245. The lowest BCUT2D eigenvalue weighted by molar-refractivity contribution is -0.117. The van der Waals surface area contributed by atoms with E-state index in [4.69, 9.17) is 0 Å². The van der Waals surface area contributed by atoms with Crippen LogP contribution in [0.4, 0.5) is 0 Å². The predicted molar refractivity (Wildman–Crippen MR) is 211 cm³/mol. The summed E-state index contributed by atoms with van der Waals surface area (Å²) in [7, 11) is 4.11. The van der Waals surface area contributed by atoms with Crippen LogP contribution in [0.5, 0.6) is 0 Å². The number of nitrogens with one attached hydrogen (secondary N) is 2. The summed E-state index contributed by atoms with van der Waals surface area (Å²) in [6.45, 7) is 27.4. The van der Waals surface area contributed by atoms with Gasteiger partial charge in [0.15, 0.2) is 0 Å². The molecule has 2 heterocycles. The Labute approximate surface area is 295 Å². The second-order valence-corrected chi connectivity index (χ2v) is 12.5. The number of likely N-dealkylation sites (N-methyl/N-ethyl adjacent to an activating group) is 2. The smallest absolute Gasteiger partial charge is 0.217 e. The number of likely N-dealkylation sites (tertiary alicyclic amines) is 1. The molecule has 1 amide bonds. The van der Waals surface area contributed by atoms with Crippen LogP contribution in [0.15, 0.2) is 31.4 Å². The van der Waals surface area contributed by atoms with Gasteiger partial charge >= 0.3 is 0 Å². The minimum Gasteiger partial charge on any atom is -0.370 e. The molecule has 4 rings (SSSR count). The molecule has 1 aliphatic heterocycles. The third-order valence-electron chi connectivity index (χ3n) is 7.86. The van der Waals surface area contributed by atoms with Crippen LogP contribution in [-0.4, -0.2) is 68.4 Å². The van der Waals surface area contributed by atoms with E-state index in [1.54, 1.807) is 18.3 Å². The minimum atomic E-state index is -0.245. The van der Waals surface area contributed by atoms with Gasteiger partial charge in [-0.3, -0.25) is 4.79 Å². The molecule has 0 spiro atoms. The number of rotatable bonds is 10. The van der Waals surface area contributed by atoms with Gasteiger partial charge in [0, 0.05) is 31.8 Å². The van der Waals surface area contributed by atoms with Crippen LogP contribution in [0.3, 0.4) is 0 Å². The molecule has 2 aliphatic rings. The third kappa shape index (κ3) is 24.6. The number of carbonyl (C=O) groups is 2. The molecule has 1 saturated heterocycles. The highest BCUT2D eigenvalue weighted by molar-refractivity contribution is 7.18. The van der Waals surface area contributed by atoms with Gasteiger partial charge in [-0.05, 0) is 88.9 Å². The van der Waals surface area contributed by atoms with Crippen molar-refractivity contribution in [3.8, 4) is 0 Å². The largest absolute Gasteiger partial charge is 0.370 e. The summed E-state index contributed by atoms with van der Waals surface area (Å²) < 4.78 is 1.23. The number of nitrogens with zero attached hydrogens (tertiary/aromatic N) is 2. The van der Waals surface area contributed by atoms with Gasteiger partial charge in [0.1, 0.15) is 6.29 Å². The van der Waals surface area contributed by atoms with Crippen molar-refractivity contribution in [3.63, 3.8) is 0 Å². The zero-order valence-corrected chi connectivity index (χ0v) is 33.1. The molecule has 8 heteroatoms. The number of nitrogens with two attached hydrogens (primary N) is 1. The number of primary amides is 1. The maximum atomic E-state index is 10.3. The van der Waals surface area contributed by atoms with Crippen LogP contribution in [0.2, 0.25) is 0 Å². The molecule has 1 aromatic heterocycles. The number of fused-ring (bicyclic) bond motifs is 1.